The Morgan fingerprint density at radius 3 is 1.04 bits per heavy atom. The van der Waals surface area contributed by atoms with E-state index in [1.807, 2.05) is 6.92 Å². The minimum atomic E-state index is -0.426. The third-order valence-corrected chi connectivity index (χ3v) is 12.7. The van der Waals surface area contributed by atoms with E-state index < -0.39 is 6.10 Å². The zero-order chi connectivity index (χ0) is 40.1. The first-order valence-electron chi connectivity index (χ1n) is 25.9. The maximum absolute atomic E-state index is 12.7. The van der Waals surface area contributed by atoms with Crippen LogP contribution in [0.3, 0.4) is 0 Å². The molecule has 0 aromatic rings. The Kier molecular flexibility index (Phi) is 45.5. The topological polar surface area (TPSA) is 37.3 Å². The summed E-state index contributed by atoms with van der Waals surface area (Å²) in [5.41, 5.74) is 0. The maximum Gasteiger partial charge on any atom is 0.138 e. The fourth-order valence-corrected chi connectivity index (χ4v) is 8.71. The van der Waals surface area contributed by atoms with Crippen molar-refractivity contribution in [2.24, 2.45) is 11.8 Å². The summed E-state index contributed by atoms with van der Waals surface area (Å²) in [5, 5.41) is 10.9. The molecule has 55 heavy (non-hydrogen) atoms. The molecule has 1 N–H and O–H groups in total. The van der Waals surface area contributed by atoms with E-state index in [1.165, 1.54) is 244 Å². The molecule has 3 unspecified atom stereocenters. The van der Waals surface area contributed by atoms with Gasteiger partial charge in [0.05, 0.1) is 6.10 Å². The van der Waals surface area contributed by atoms with Crippen LogP contribution in [0.5, 0.6) is 0 Å². The van der Waals surface area contributed by atoms with E-state index in [0.29, 0.717) is 6.42 Å². The smallest absolute Gasteiger partial charge is 0.138 e. The van der Waals surface area contributed by atoms with Gasteiger partial charge >= 0.3 is 0 Å². The van der Waals surface area contributed by atoms with Gasteiger partial charge in [0, 0.05) is 12.3 Å². The molecule has 0 heterocycles. The number of hydrogen-bond donors (Lipinski definition) is 1. The standard InChI is InChI=1S/C53H104O2/c1-5-8-10-12-13-14-15-16-17-18-21-24-27-30-33-36-40-44-48-51(52(54)7-3)53(55)49-45-41-37-34-31-28-25-22-19-20-23-26-29-32-35-39-43-47-50(4)46-42-38-11-9-6-2/h42,46,50-51,53,55H,5-41,43-45,47-49H2,1-4H3/b46-42+. The normalized spacial score (nSPS) is 13.5. The highest BCUT2D eigenvalue weighted by Gasteiger charge is 2.24. The molecule has 0 rings (SSSR count). The van der Waals surface area contributed by atoms with Crippen molar-refractivity contribution in [3.8, 4) is 0 Å². The summed E-state index contributed by atoms with van der Waals surface area (Å²) in [6.45, 7) is 8.94. The number of rotatable bonds is 47. The van der Waals surface area contributed by atoms with E-state index in [2.05, 4.69) is 32.9 Å². The molecule has 0 aromatic heterocycles. The second-order valence-electron chi connectivity index (χ2n) is 18.3. The molecular weight excluding hydrogens is 669 g/mol. The van der Waals surface area contributed by atoms with Gasteiger partial charge in [-0.25, -0.2) is 0 Å². The molecule has 0 aliphatic carbocycles. The van der Waals surface area contributed by atoms with E-state index in [1.54, 1.807) is 0 Å². The molecule has 0 fully saturated rings. The SMILES string of the molecule is CCCCC/C=C/C(C)CCCCCCCCCCCCCCCCCCCC(O)C(CCCCCCCCCCCCCCCCCCCC)C(=O)CC. The molecule has 0 aromatic carbocycles. The lowest BCUT2D eigenvalue weighted by Crippen LogP contribution is -2.28. The molecule has 328 valence electrons. The van der Waals surface area contributed by atoms with Crippen molar-refractivity contribution in [1.82, 2.24) is 0 Å². The van der Waals surface area contributed by atoms with Crippen LogP contribution in [0.15, 0.2) is 12.2 Å². The molecule has 0 aliphatic heterocycles. The number of hydrogen-bond acceptors (Lipinski definition) is 2. The summed E-state index contributed by atoms with van der Waals surface area (Å²) in [4.78, 5) is 12.7. The fourth-order valence-electron chi connectivity index (χ4n) is 8.71. The monoisotopic (exact) mass is 773 g/mol. The van der Waals surface area contributed by atoms with E-state index in [0.717, 1.165) is 31.6 Å². The van der Waals surface area contributed by atoms with Crippen LogP contribution in [0.2, 0.25) is 0 Å². The number of aliphatic hydroxyl groups is 1. The van der Waals surface area contributed by atoms with E-state index in [-0.39, 0.29) is 11.7 Å². The number of carbonyl (C=O) groups excluding carboxylic acids is 1. The van der Waals surface area contributed by atoms with Crippen molar-refractivity contribution < 1.29 is 9.90 Å². The van der Waals surface area contributed by atoms with Crippen molar-refractivity contribution >= 4 is 5.78 Å². The molecule has 2 nitrogen and oxygen atoms in total. The van der Waals surface area contributed by atoms with Crippen LogP contribution >= 0.6 is 0 Å². The highest BCUT2D eigenvalue weighted by molar-refractivity contribution is 5.81. The highest BCUT2D eigenvalue weighted by Crippen LogP contribution is 2.23. The van der Waals surface area contributed by atoms with Crippen LogP contribution in [0.4, 0.5) is 0 Å². The van der Waals surface area contributed by atoms with Crippen molar-refractivity contribution in [2.75, 3.05) is 0 Å². The number of aliphatic hydroxyl groups excluding tert-OH is 1. The lowest BCUT2D eigenvalue weighted by Gasteiger charge is -2.21. The molecule has 0 aliphatic rings. The van der Waals surface area contributed by atoms with E-state index >= 15 is 0 Å². The second-order valence-corrected chi connectivity index (χ2v) is 18.3. The van der Waals surface area contributed by atoms with Crippen molar-refractivity contribution in [3.05, 3.63) is 12.2 Å². The average Bonchev–Trinajstić information content (AvgIpc) is 3.19. The molecule has 3 atom stereocenters. The molecule has 0 bridgehead atoms. The fraction of sp³-hybridized carbons (Fsp3) is 0.943. The van der Waals surface area contributed by atoms with Gasteiger partial charge in [-0.05, 0) is 38.0 Å². The average molecular weight is 773 g/mol. The Balaban J connectivity index is 3.55. The van der Waals surface area contributed by atoms with Gasteiger partial charge < -0.3 is 5.11 Å². The first kappa shape index (κ1) is 54.4. The van der Waals surface area contributed by atoms with Crippen LogP contribution < -0.4 is 0 Å². The lowest BCUT2D eigenvalue weighted by molar-refractivity contribution is -0.126. The molecule has 0 amide bonds. The predicted molar refractivity (Wildman–Crippen MR) is 248 cm³/mol. The van der Waals surface area contributed by atoms with Crippen LogP contribution in [0.1, 0.15) is 304 Å². The number of unbranched alkanes of at least 4 members (excludes halogenated alkanes) is 36. The zero-order valence-corrected chi connectivity index (χ0v) is 38.6. The third-order valence-electron chi connectivity index (χ3n) is 12.7. The maximum atomic E-state index is 12.7. The van der Waals surface area contributed by atoms with Gasteiger partial charge in [-0.15, -0.1) is 0 Å². The van der Waals surface area contributed by atoms with Crippen molar-refractivity contribution in [2.45, 2.75) is 310 Å². The van der Waals surface area contributed by atoms with Gasteiger partial charge in [0.2, 0.25) is 0 Å². The number of ketones is 1. The zero-order valence-electron chi connectivity index (χ0n) is 38.6. The number of allylic oxidation sites excluding steroid dienone is 2. The Labute approximate surface area is 348 Å². The summed E-state index contributed by atoms with van der Waals surface area (Å²) in [5.74, 6) is 0.927. The van der Waals surface area contributed by atoms with Gasteiger partial charge in [0.15, 0.2) is 0 Å². The van der Waals surface area contributed by atoms with Gasteiger partial charge in [0.25, 0.3) is 0 Å². The van der Waals surface area contributed by atoms with Gasteiger partial charge in [-0.2, -0.15) is 0 Å². The third kappa shape index (κ3) is 41.3. The minimum absolute atomic E-state index is 0.123. The second kappa shape index (κ2) is 46.1. The predicted octanol–water partition coefficient (Wildman–Crippen LogP) is 18.6. The highest BCUT2D eigenvalue weighted by atomic mass is 16.3. The Morgan fingerprint density at radius 1 is 0.400 bits per heavy atom. The Bertz CT molecular complexity index is 758. The first-order chi connectivity index (χ1) is 27.1. The first-order valence-corrected chi connectivity index (χ1v) is 25.9. The van der Waals surface area contributed by atoms with Crippen LogP contribution in [-0.4, -0.2) is 17.0 Å². The van der Waals surface area contributed by atoms with Crippen molar-refractivity contribution in [3.63, 3.8) is 0 Å². The lowest BCUT2D eigenvalue weighted by atomic mass is 9.87. The minimum Gasteiger partial charge on any atom is -0.392 e. The largest absolute Gasteiger partial charge is 0.392 e. The molecular formula is C53H104O2. The summed E-state index contributed by atoms with van der Waals surface area (Å²) in [7, 11) is 0. The van der Waals surface area contributed by atoms with Gasteiger partial charge in [-0.3, -0.25) is 4.79 Å². The Hall–Kier alpha value is -0.630. The number of Topliss-reactive ketones (excluding diaryl/α,β-unsaturated/α-hetero) is 1. The number of carbonyl (C=O) groups is 1. The van der Waals surface area contributed by atoms with Gasteiger partial charge in [-0.1, -0.05) is 277 Å². The van der Waals surface area contributed by atoms with Crippen LogP contribution in [-0.2, 0) is 4.79 Å². The molecule has 0 radical (unpaired) electrons. The van der Waals surface area contributed by atoms with E-state index in [4.69, 9.17) is 0 Å². The van der Waals surface area contributed by atoms with Gasteiger partial charge in [0.1, 0.15) is 5.78 Å². The Morgan fingerprint density at radius 2 is 0.691 bits per heavy atom. The molecule has 0 spiro atoms. The van der Waals surface area contributed by atoms with Crippen LogP contribution in [0.25, 0.3) is 0 Å². The summed E-state index contributed by atoms with van der Waals surface area (Å²) >= 11 is 0. The molecule has 2 heteroatoms. The summed E-state index contributed by atoms with van der Waals surface area (Å²) in [6.07, 6.45) is 61.7. The summed E-state index contributed by atoms with van der Waals surface area (Å²) < 4.78 is 0. The quantitative estimate of drug-likeness (QED) is 0.0494. The van der Waals surface area contributed by atoms with E-state index in [9.17, 15) is 9.90 Å². The van der Waals surface area contributed by atoms with Crippen molar-refractivity contribution in [1.29, 1.82) is 0 Å². The molecule has 0 saturated heterocycles. The van der Waals surface area contributed by atoms with Crippen LogP contribution in [0, 0.1) is 11.8 Å². The summed E-state index contributed by atoms with van der Waals surface area (Å²) in [6, 6.07) is 0. The molecule has 0 saturated carbocycles.